The standard InChI is InChI=1S/C18H20ClN7O3.2C2H6/c1-4-26-10-6-5-9(18(28)29-3)7-11(10)25(2)12(26)8-22-17(27)13-15(20)24-16(21)14(19)23-13;2*1-2/h5-7H,4,8H2,1-3H3,(H4-,20,21,22,24,27);2*1-2H3/p+1. The molecule has 0 fully saturated rings. The first kappa shape index (κ1) is 27.6. The van der Waals surface area contributed by atoms with Gasteiger partial charge in [-0.15, -0.1) is 0 Å². The molecule has 0 saturated heterocycles. The molecule has 11 heteroatoms. The van der Waals surface area contributed by atoms with Crippen molar-refractivity contribution in [3.8, 4) is 0 Å². The molecule has 2 heterocycles. The molecule has 0 bridgehead atoms. The highest BCUT2D eigenvalue weighted by Gasteiger charge is 2.24. The summed E-state index contributed by atoms with van der Waals surface area (Å²) in [4.78, 5) is 32.1. The van der Waals surface area contributed by atoms with Crippen LogP contribution in [0.2, 0.25) is 5.15 Å². The molecule has 0 aliphatic rings. The van der Waals surface area contributed by atoms with Gasteiger partial charge in [0.05, 0.1) is 26.3 Å². The van der Waals surface area contributed by atoms with Crippen LogP contribution in [0.25, 0.3) is 11.0 Å². The zero-order valence-corrected chi connectivity index (χ0v) is 20.9. The van der Waals surface area contributed by atoms with Crippen molar-refractivity contribution < 1.29 is 18.9 Å². The highest BCUT2D eigenvalue weighted by atomic mass is 35.5. The highest BCUT2D eigenvalue weighted by Crippen LogP contribution is 2.18. The fourth-order valence-corrected chi connectivity index (χ4v) is 3.27. The van der Waals surface area contributed by atoms with Crippen LogP contribution in [-0.4, -0.2) is 33.5 Å². The van der Waals surface area contributed by atoms with Crippen LogP contribution in [0.5, 0.6) is 0 Å². The predicted octanol–water partition coefficient (Wildman–Crippen LogP) is 2.86. The van der Waals surface area contributed by atoms with Crippen LogP contribution in [0.3, 0.4) is 0 Å². The molecule has 0 radical (unpaired) electrons. The van der Waals surface area contributed by atoms with E-state index in [-0.39, 0.29) is 29.0 Å². The summed E-state index contributed by atoms with van der Waals surface area (Å²) < 4.78 is 8.72. The van der Waals surface area contributed by atoms with Crippen molar-refractivity contribution in [3.05, 3.63) is 40.4 Å². The van der Waals surface area contributed by atoms with Gasteiger partial charge in [-0.2, -0.15) is 0 Å². The number of imidazole rings is 1. The Labute approximate surface area is 198 Å². The van der Waals surface area contributed by atoms with Gasteiger partial charge in [-0.05, 0) is 19.1 Å². The lowest BCUT2D eigenvalue weighted by molar-refractivity contribution is -0.676. The van der Waals surface area contributed by atoms with Crippen LogP contribution in [0.4, 0.5) is 11.6 Å². The van der Waals surface area contributed by atoms with Crippen LogP contribution in [0.1, 0.15) is 61.3 Å². The third-order valence-corrected chi connectivity index (χ3v) is 4.87. The number of methoxy groups -OCH3 is 1. The van der Waals surface area contributed by atoms with Gasteiger partial charge in [-0.1, -0.05) is 39.3 Å². The van der Waals surface area contributed by atoms with E-state index in [1.807, 2.05) is 56.9 Å². The minimum Gasteiger partial charge on any atom is -0.465 e. The molecule has 0 saturated carbocycles. The topological polar surface area (TPSA) is 142 Å². The normalized spacial score (nSPS) is 9.94. The second-order valence-corrected chi connectivity index (χ2v) is 6.59. The first-order valence-corrected chi connectivity index (χ1v) is 11.1. The number of nitrogens with two attached hydrogens (primary N) is 2. The maximum absolute atomic E-state index is 12.5. The minimum absolute atomic E-state index is 0.0420. The number of benzene rings is 1. The number of anilines is 2. The number of nitrogen functional groups attached to an aromatic ring is 2. The number of carbonyl (C=O) groups is 2. The van der Waals surface area contributed by atoms with E-state index in [4.69, 9.17) is 27.8 Å². The molecule has 3 aromatic rings. The van der Waals surface area contributed by atoms with E-state index in [0.717, 1.165) is 16.9 Å². The van der Waals surface area contributed by atoms with Crippen molar-refractivity contribution in [2.45, 2.75) is 47.7 Å². The maximum atomic E-state index is 12.5. The Bertz CT molecular complexity index is 1130. The molecule has 0 spiro atoms. The molecule has 33 heavy (non-hydrogen) atoms. The van der Waals surface area contributed by atoms with E-state index in [0.29, 0.717) is 12.1 Å². The summed E-state index contributed by atoms with van der Waals surface area (Å²) in [7, 11) is 3.19. The lowest BCUT2D eigenvalue weighted by Crippen LogP contribution is -2.40. The zero-order chi connectivity index (χ0) is 25.3. The van der Waals surface area contributed by atoms with Gasteiger partial charge in [0.1, 0.15) is 6.54 Å². The summed E-state index contributed by atoms with van der Waals surface area (Å²) in [5, 5.41) is 2.68. The maximum Gasteiger partial charge on any atom is 0.338 e. The van der Waals surface area contributed by atoms with Crippen molar-refractivity contribution in [1.82, 2.24) is 19.9 Å². The van der Waals surface area contributed by atoms with Gasteiger partial charge in [0.25, 0.3) is 11.7 Å². The number of aromatic nitrogens is 4. The van der Waals surface area contributed by atoms with Gasteiger partial charge in [0.2, 0.25) is 0 Å². The van der Waals surface area contributed by atoms with Crippen molar-refractivity contribution >= 4 is 46.1 Å². The van der Waals surface area contributed by atoms with E-state index in [9.17, 15) is 9.59 Å². The number of nitrogens with one attached hydrogen (secondary N) is 1. The predicted molar refractivity (Wildman–Crippen MR) is 130 cm³/mol. The van der Waals surface area contributed by atoms with Crippen molar-refractivity contribution in [3.63, 3.8) is 0 Å². The number of carbonyl (C=O) groups excluding carboxylic acids is 2. The number of hydrogen-bond donors (Lipinski definition) is 3. The van der Waals surface area contributed by atoms with Crippen LogP contribution in [-0.2, 0) is 24.9 Å². The Morgan fingerprint density at radius 3 is 2.36 bits per heavy atom. The first-order valence-electron chi connectivity index (χ1n) is 10.7. The molecule has 5 N–H and O–H groups in total. The SMILES string of the molecule is CC.CC.CC[n+]1c(CNC(=O)c2nc(Cl)c(N)nc2N)n(C)c2cc(C(=O)OC)ccc21. The van der Waals surface area contributed by atoms with Crippen LogP contribution in [0, 0.1) is 0 Å². The smallest absolute Gasteiger partial charge is 0.338 e. The third kappa shape index (κ3) is 5.89. The number of nitrogens with zero attached hydrogens (tertiary/aromatic N) is 4. The van der Waals surface area contributed by atoms with Gasteiger partial charge in [-0.3, -0.25) is 4.79 Å². The number of ether oxygens (including phenoxy) is 1. The van der Waals surface area contributed by atoms with Gasteiger partial charge in [-0.25, -0.2) is 23.9 Å². The van der Waals surface area contributed by atoms with Gasteiger partial charge >= 0.3 is 5.97 Å². The van der Waals surface area contributed by atoms with Gasteiger partial charge < -0.3 is 21.5 Å². The molecular formula is C22H33ClN7O3+. The summed E-state index contributed by atoms with van der Waals surface area (Å²) in [6.07, 6.45) is 0. The van der Waals surface area contributed by atoms with Crippen LogP contribution in [0.15, 0.2) is 18.2 Å². The van der Waals surface area contributed by atoms with E-state index in [2.05, 4.69) is 15.3 Å². The molecule has 2 aromatic heterocycles. The quantitative estimate of drug-likeness (QED) is 0.378. The number of fused-ring (bicyclic) bond motifs is 1. The van der Waals surface area contributed by atoms with Crippen molar-refractivity contribution in [2.75, 3.05) is 18.6 Å². The summed E-state index contributed by atoms with van der Waals surface area (Å²) in [5.74, 6) is -0.279. The second kappa shape index (κ2) is 12.6. The zero-order valence-electron chi connectivity index (χ0n) is 20.2. The van der Waals surface area contributed by atoms with Crippen molar-refractivity contribution in [1.29, 1.82) is 0 Å². The average Bonchev–Trinajstić information content (AvgIpc) is 3.11. The van der Waals surface area contributed by atoms with E-state index in [1.54, 1.807) is 12.1 Å². The van der Waals surface area contributed by atoms with Crippen LogP contribution < -0.4 is 21.4 Å². The third-order valence-electron chi connectivity index (χ3n) is 4.59. The summed E-state index contributed by atoms with van der Waals surface area (Å²) >= 11 is 5.85. The highest BCUT2D eigenvalue weighted by molar-refractivity contribution is 6.31. The largest absolute Gasteiger partial charge is 0.465 e. The van der Waals surface area contributed by atoms with Crippen molar-refractivity contribution in [2.24, 2.45) is 7.05 Å². The van der Waals surface area contributed by atoms with Gasteiger partial charge in [0, 0.05) is 6.07 Å². The summed E-state index contributed by atoms with van der Waals surface area (Å²) in [5.41, 5.74) is 13.4. The molecule has 0 aliphatic carbocycles. The van der Waals surface area contributed by atoms with Crippen LogP contribution >= 0.6 is 11.6 Å². The Morgan fingerprint density at radius 2 is 1.79 bits per heavy atom. The second-order valence-electron chi connectivity index (χ2n) is 6.23. The number of esters is 1. The van der Waals surface area contributed by atoms with Gasteiger partial charge in [0.15, 0.2) is 33.5 Å². The van der Waals surface area contributed by atoms with E-state index >= 15 is 0 Å². The molecule has 0 atom stereocenters. The molecule has 3 rings (SSSR count). The molecule has 0 unspecified atom stereocenters. The lowest BCUT2D eigenvalue weighted by atomic mass is 10.2. The molecule has 180 valence electrons. The Hall–Kier alpha value is -3.40. The molecule has 0 aliphatic heterocycles. The van der Waals surface area contributed by atoms with E-state index < -0.39 is 11.9 Å². The Balaban J connectivity index is 0.00000129. The Kier molecular flexibility index (Phi) is 10.5. The summed E-state index contributed by atoms with van der Waals surface area (Å²) in [6, 6.07) is 5.30. The average molecular weight is 479 g/mol. The molecule has 1 amide bonds. The lowest BCUT2D eigenvalue weighted by Gasteiger charge is -2.07. The Morgan fingerprint density at radius 1 is 1.15 bits per heavy atom. The monoisotopic (exact) mass is 478 g/mol. The fraction of sp³-hybridized carbons (Fsp3) is 0.409. The molecule has 10 nitrogen and oxygen atoms in total. The molecule has 1 aromatic carbocycles. The minimum atomic E-state index is -0.528. The number of amides is 1. The first-order chi connectivity index (χ1) is 15.8. The van der Waals surface area contributed by atoms with E-state index in [1.165, 1.54) is 7.11 Å². The number of aryl methyl sites for hydroxylation is 2. The number of rotatable bonds is 5. The fourth-order valence-electron chi connectivity index (χ4n) is 3.14. The molecular weight excluding hydrogens is 446 g/mol. The summed E-state index contributed by atoms with van der Waals surface area (Å²) in [6.45, 7) is 10.8. The number of hydrogen-bond acceptors (Lipinski definition) is 7. The number of halogens is 1.